The third-order valence-electron chi connectivity index (χ3n) is 3.55. The highest BCUT2D eigenvalue weighted by Crippen LogP contribution is 2.22. The minimum Gasteiger partial charge on any atom is -0.426 e. The number of nitrogens with two attached hydrogens (primary N) is 1. The zero-order valence-corrected chi connectivity index (χ0v) is 15.9. The molecule has 0 aliphatic heterocycles. The molecule has 3 aromatic rings. The molecule has 8 heteroatoms. The monoisotopic (exact) mass is 400 g/mol. The first-order valence-corrected chi connectivity index (χ1v) is 10.0. The van der Waals surface area contributed by atoms with E-state index in [0.717, 1.165) is 16.3 Å². The topological polar surface area (TPSA) is 131 Å². The highest BCUT2D eigenvalue weighted by Gasteiger charge is 2.07. The van der Waals surface area contributed by atoms with Crippen molar-refractivity contribution in [3.05, 3.63) is 77.9 Å². The predicted octanol–water partition coefficient (Wildman–Crippen LogP) is 2.78. The normalized spacial score (nSPS) is 10.6. The van der Waals surface area contributed by atoms with Crippen molar-refractivity contribution in [2.45, 2.75) is 6.42 Å². The van der Waals surface area contributed by atoms with Crippen LogP contribution in [0, 0.1) is 5.41 Å². The molecule has 0 aromatic heterocycles. The van der Waals surface area contributed by atoms with Crippen molar-refractivity contribution in [3.63, 3.8) is 0 Å². The summed E-state index contributed by atoms with van der Waals surface area (Å²) in [4.78, 5) is 12.0. The molecule has 3 rings (SSSR count). The second-order valence-electron chi connectivity index (χ2n) is 6.01. The maximum absolute atomic E-state index is 12.0. The van der Waals surface area contributed by atoms with Crippen molar-refractivity contribution in [1.82, 2.24) is 0 Å². The number of carbonyl (C=O) groups excluding carboxylic acids is 1. The largest absolute Gasteiger partial charge is 0.426 e. The van der Waals surface area contributed by atoms with Crippen LogP contribution in [0.4, 0.5) is 0 Å². The summed E-state index contributed by atoms with van der Waals surface area (Å²) in [5, 5.41) is 9.34. The van der Waals surface area contributed by atoms with Crippen LogP contribution in [0.1, 0.15) is 11.1 Å². The van der Waals surface area contributed by atoms with Gasteiger partial charge in [0.1, 0.15) is 11.6 Å². The molecule has 146 valence electrons. The SMILES string of the molecule is CS(=O)(=O)O.N=C(N)c1ccc2cc(OC(=O)Cc3ccccc3)ccc2c1. The van der Waals surface area contributed by atoms with Crippen molar-refractivity contribution < 1.29 is 22.5 Å². The predicted molar refractivity (Wildman–Crippen MR) is 108 cm³/mol. The van der Waals surface area contributed by atoms with Gasteiger partial charge in [-0.2, -0.15) is 8.42 Å². The van der Waals surface area contributed by atoms with Crippen LogP contribution in [0.15, 0.2) is 66.7 Å². The van der Waals surface area contributed by atoms with Crippen LogP contribution in [0.2, 0.25) is 0 Å². The number of rotatable bonds is 4. The van der Waals surface area contributed by atoms with E-state index in [4.69, 9.17) is 20.4 Å². The van der Waals surface area contributed by atoms with E-state index in [1.165, 1.54) is 0 Å². The number of esters is 1. The summed E-state index contributed by atoms with van der Waals surface area (Å²) in [6, 6.07) is 20.4. The van der Waals surface area contributed by atoms with Gasteiger partial charge in [0.25, 0.3) is 10.1 Å². The third-order valence-corrected chi connectivity index (χ3v) is 3.55. The van der Waals surface area contributed by atoms with Crippen LogP contribution in [-0.4, -0.2) is 31.0 Å². The van der Waals surface area contributed by atoms with Gasteiger partial charge in [0.05, 0.1) is 12.7 Å². The molecule has 0 aliphatic carbocycles. The lowest BCUT2D eigenvalue weighted by Gasteiger charge is -2.07. The number of nitrogens with one attached hydrogen (secondary N) is 1. The zero-order valence-electron chi connectivity index (χ0n) is 15.1. The Morgan fingerprint density at radius 3 is 2.21 bits per heavy atom. The molecule has 3 aromatic carbocycles. The van der Waals surface area contributed by atoms with Crippen LogP contribution in [-0.2, 0) is 21.3 Å². The summed E-state index contributed by atoms with van der Waals surface area (Å²) in [6.45, 7) is 0. The quantitative estimate of drug-likeness (QED) is 0.203. The van der Waals surface area contributed by atoms with Gasteiger partial charge >= 0.3 is 5.97 Å². The van der Waals surface area contributed by atoms with Crippen LogP contribution in [0.25, 0.3) is 10.8 Å². The average Bonchev–Trinajstić information content (AvgIpc) is 2.60. The molecule has 0 bridgehead atoms. The van der Waals surface area contributed by atoms with E-state index in [-0.39, 0.29) is 18.2 Å². The van der Waals surface area contributed by atoms with Crippen LogP contribution in [0.3, 0.4) is 0 Å². The molecule has 0 saturated heterocycles. The van der Waals surface area contributed by atoms with Crippen LogP contribution in [0.5, 0.6) is 5.75 Å². The van der Waals surface area contributed by atoms with Crippen LogP contribution < -0.4 is 10.5 Å². The molecule has 4 N–H and O–H groups in total. The van der Waals surface area contributed by atoms with Gasteiger partial charge in [-0.25, -0.2) is 0 Å². The minimum atomic E-state index is -3.67. The number of nitrogen functional groups attached to an aromatic ring is 1. The van der Waals surface area contributed by atoms with E-state index >= 15 is 0 Å². The standard InChI is InChI=1S/C19H16N2O2.CH4O3S/c20-19(21)16-7-6-15-12-17(9-8-14(15)11-16)23-18(22)10-13-4-2-1-3-5-13;1-5(2,3)4/h1-9,11-12H,10H2,(H3,20,21);1H3,(H,2,3,4). The van der Waals surface area contributed by atoms with Gasteiger partial charge in [0, 0.05) is 5.56 Å². The number of fused-ring (bicyclic) bond motifs is 1. The summed E-state index contributed by atoms with van der Waals surface area (Å²) in [5.41, 5.74) is 7.08. The van der Waals surface area contributed by atoms with Gasteiger partial charge in [-0.15, -0.1) is 0 Å². The summed E-state index contributed by atoms with van der Waals surface area (Å²) in [6.07, 6.45) is 0.954. The van der Waals surface area contributed by atoms with E-state index in [2.05, 4.69) is 0 Å². The maximum atomic E-state index is 12.0. The number of hydrogen-bond acceptors (Lipinski definition) is 5. The summed E-state index contributed by atoms with van der Waals surface area (Å²) in [5.74, 6) is 0.246. The van der Waals surface area contributed by atoms with Crippen molar-refractivity contribution in [2.75, 3.05) is 6.26 Å². The first-order valence-electron chi connectivity index (χ1n) is 8.17. The van der Waals surface area contributed by atoms with Gasteiger partial charge in [0.2, 0.25) is 0 Å². The van der Waals surface area contributed by atoms with Gasteiger partial charge < -0.3 is 10.5 Å². The Kier molecular flexibility index (Phi) is 6.86. The third kappa shape index (κ3) is 7.18. The lowest BCUT2D eigenvalue weighted by molar-refractivity contribution is -0.133. The number of benzene rings is 3. The molecule has 28 heavy (non-hydrogen) atoms. The number of carbonyl (C=O) groups is 1. The molecule has 0 unspecified atom stereocenters. The van der Waals surface area contributed by atoms with Crippen molar-refractivity contribution in [2.24, 2.45) is 5.73 Å². The van der Waals surface area contributed by atoms with Crippen molar-refractivity contribution in [1.29, 1.82) is 5.41 Å². The highest BCUT2D eigenvalue weighted by atomic mass is 32.2. The van der Waals surface area contributed by atoms with E-state index < -0.39 is 10.1 Å². The molecule has 0 spiro atoms. The molecule has 0 heterocycles. The lowest BCUT2D eigenvalue weighted by Crippen LogP contribution is -2.11. The molecular weight excluding hydrogens is 380 g/mol. The molecule has 0 atom stereocenters. The fourth-order valence-electron chi connectivity index (χ4n) is 2.38. The Balaban J connectivity index is 0.000000500. The number of hydrogen-bond donors (Lipinski definition) is 3. The summed E-state index contributed by atoms with van der Waals surface area (Å²) < 4.78 is 31.3. The van der Waals surface area contributed by atoms with Gasteiger partial charge in [-0.3, -0.25) is 14.8 Å². The molecule has 0 radical (unpaired) electrons. The maximum Gasteiger partial charge on any atom is 0.315 e. The average molecular weight is 400 g/mol. The fraction of sp³-hybridized carbons (Fsp3) is 0.100. The van der Waals surface area contributed by atoms with Gasteiger partial charge in [-0.1, -0.05) is 48.5 Å². The molecule has 0 fully saturated rings. The fourth-order valence-corrected chi connectivity index (χ4v) is 2.38. The Bertz CT molecular complexity index is 1090. The second-order valence-corrected chi connectivity index (χ2v) is 7.47. The first kappa shape index (κ1) is 21.1. The van der Waals surface area contributed by atoms with Crippen molar-refractivity contribution >= 4 is 32.7 Å². The Morgan fingerprint density at radius 2 is 1.61 bits per heavy atom. The van der Waals surface area contributed by atoms with Gasteiger partial charge in [0.15, 0.2) is 0 Å². The van der Waals surface area contributed by atoms with E-state index in [0.29, 0.717) is 17.6 Å². The van der Waals surface area contributed by atoms with Gasteiger partial charge in [-0.05, 0) is 34.5 Å². The Morgan fingerprint density at radius 1 is 1.04 bits per heavy atom. The second kappa shape index (κ2) is 9.12. The summed E-state index contributed by atoms with van der Waals surface area (Å²) >= 11 is 0. The highest BCUT2D eigenvalue weighted by molar-refractivity contribution is 7.85. The first-order chi connectivity index (χ1) is 13.1. The molecule has 0 aliphatic rings. The zero-order chi connectivity index (χ0) is 20.7. The Hall–Kier alpha value is -3.23. The molecule has 0 amide bonds. The molecular formula is C20H20N2O5S. The molecule has 0 saturated carbocycles. The smallest absolute Gasteiger partial charge is 0.315 e. The number of amidine groups is 1. The molecule has 7 nitrogen and oxygen atoms in total. The van der Waals surface area contributed by atoms with Crippen molar-refractivity contribution in [3.8, 4) is 5.75 Å². The van der Waals surface area contributed by atoms with E-state index in [1.54, 1.807) is 12.1 Å². The Labute approximate surface area is 163 Å². The number of ether oxygens (including phenoxy) is 1. The van der Waals surface area contributed by atoms with Crippen LogP contribution >= 0.6 is 0 Å². The minimum absolute atomic E-state index is 0.0327. The van der Waals surface area contributed by atoms with E-state index in [9.17, 15) is 13.2 Å². The lowest BCUT2D eigenvalue weighted by atomic mass is 10.1. The summed E-state index contributed by atoms with van der Waals surface area (Å²) in [7, 11) is -3.67. The van der Waals surface area contributed by atoms with E-state index in [1.807, 2.05) is 54.6 Å².